The normalized spacial score (nSPS) is 14.3. The van der Waals surface area contributed by atoms with E-state index in [1.54, 1.807) is 18.2 Å². The van der Waals surface area contributed by atoms with Gasteiger partial charge in [-0.2, -0.15) is 0 Å². The monoisotopic (exact) mass is 250 g/mol. The largest absolute Gasteiger partial charge is 0.379 e. The number of nitrogens with one attached hydrogen (secondary N) is 2. The molecule has 1 aliphatic carbocycles. The number of ether oxygens (including phenoxy) is 1. The lowest BCUT2D eigenvalue weighted by Gasteiger charge is -2.06. The second-order valence-corrected chi connectivity index (χ2v) is 4.33. The molecule has 1 heterocycles. The molecule has 0 atom stereocenters. The van der Waals surface area contributed by atoms with E-state index < -0.39 is 0 Å². The van der Waals surface area contributed by atoms with Crippen LogP contribution in [0.4, 0.5) is 5.82 Å². The van der Waals surface area contributed by atoms with E-state index >= 15 is 0 Å². The Balaban J connectivity index is 1.69. The zero-order valence-corrected chi connectivity index (χ0v) is 10.2. The van der Waals surface area contributed by atoms with Crippen LogP contribution in [0.15, 0.2) is 18.2 Å². The highest BCUT2D eigenvalue weighted by Crippen LogP contribution is 2.28. The number of hydrogen-bond donors (Lipinski definition) is 3. The minimum Gasteiger partial charge on any atom is -0.379 e. The summed E-state index contributed by atoms with van der Waals surface area (Å²) in [6.07, 6.45) is 2.55. The lowest BCUT2D eigenvalue weighted by molar-refractivity contribution is 0.0902. The first-order valence-corrected chi connectivity index (χ1v) is 6.09. The highest BCUT2D eigenvalue weighted by Gasteiger charge is 2.20. The van der Waals surface area contributed by atoms with Crippen LogP contribution in [0.25, 0.3) is 0 Å². The number of nitrogens with two attached hydrogens (primary N) is 1. The molecule has 98 valence electrons. The molecule has 0 aromatic carbocycles. The molecule has 1 aromatic rings. The molecule has 0 radical (unpaired) electrons. The van der Waals surface area contributed by atoms with Gasteiger partial charge in [0.05, 0.1) is 6.61 Å². The topological polar surface area (TPSA) is 89.3 Å². The van der Waals surface area contributed by atoms with Gasteiger partial charge in [0, 0.05) is 13.2 Å². The van der Waals surface area contributed by atoms with Gasteiger partial charge in [0.1, 0.15) is 11.5 Å². The molecular formula is C12H18N4O2. The third-order valence-electron chi connectivity index (χ3n) is 2.71. The van der Waals surface area contributed by atoms with Crippen LogP contribution in [0, 0.1) is 5.92 Å². The first-order chi connectivity index (χ1) is 8.79. The second kappa shape index (κ2) is 6.32. The summed E-state index contributed by atoms with van der Waals surface area (Å²) in [6, 6.07) is 5.05. The lowest BCUT2D eigenvalue weighted by atomic mass is 10.3. The summed E-state index contributed by atoms with van der Waals surface area (Å²) in [5.41, 5.74) is 2.74. The van der Waals surface area contributed by atoms with Gasteiger partial charge >= 0.3 is 0 Å². The maximum absolute atomic E-state index is 11.7. The van der Waals surface area contributed by atoms with Gasteiger partial charge in [-0.05, 0) is 30.9 Å². The molecule has 1 fully saturated rings. The van der Waals surface area contributed by atoms with Gasteiger partial charge in [-0.15, -0.1) is 0 Å². The molecule has 4 N–H and O–H groups in total. The van der Waals surface area contributed by atoms with Gasteiger partial charge < -0.3 is 15.5 Å². The van der Waals surface area contributed by atoms with E-state index in [1.807, 2.05) is 0 Å². The van der Waals surface area contributed by atoms with Crippen LogP contribution in [0.5, 0.6) is 0 Å². The summed E-state index contributed by atoms with van der Waals surface area (Å²) in [5, 5.41) is 2.75. The number of aromatic nitrogens is 1. The number of rotatable bonds is 7. The molecule has 1 aliphatic rings. The summed E-state index contributed by atoms with van der Waals surface area (Å²) < 4.78 is 5.42. The van der Waals surface area contributed by atoms with E-state index in [9.17, 15) is 4.79 Å². The van der Waals surface area contributed by atoms with Crippen molar-refractivity contribution in [3.05, 3.63) is 23.9 Å². The van der Waals surface area contributed by atoms with Crippen molar-refractivity contribution in [1.29, 1.82) is 0 Å². The number of amides is 1. The maximum atomic E-state index is 11.7. The summed E-state index contributed by atoms with van der Waals surface area (Å²) >= 11 is 0. The van der Waals surface area contributed by atoms with Crippen molar-refractivity contribution in [1.82, 2.24) is 10.3 Å². The van der Waals surface area contributed by atoms with Crippen molar-refractivity contribution >= 4 is 11.7 Å². The zero-order valence-electron chi connectivity index (χ0n) is 10.2. The average Bonchev–Trinajstić information content (AvgIpc) is 3.22. The van der Waals surface area contributed by atoms with E-state index in [1.165, 1.54) is 12.8 Å². The molecule has 0 aliphatic heterocycles. The number of hydrogen-bond acceptors (Lipinski definition) is 5. The Labute approximate surface area is 106 Å². The number of nitrogen functional groups attached to an aromatic ring is 1. The fourth-order valence-electron chi connectivity index (χ4n) is 1.50. The van der Waals surface area contributed by atoms with Gasteiger partial charge in [0.15, 0.2) is 0 Å². The standard InChI is InChI=1S/C12H18N4O2/c13-16-11-3-1-2-10(15-11)12(17)14-6-7-18-8-9-4-5-9/h1-3,9H,4-8,13H2,(H,14,17)(H,15,16). The molecule has 0 spiro atoms. The van der Waals surface area contributed by atoms with Crippen LogP contribution in [-0.4, -0.2) is 30.6 Å². The third kappa shape index (κ3) is 3.97. The molecule has 1 saturated carbocycles. The van der Waals surface area contributed by atoms with Gasteiger partial charge in [-0.25, -0.2) is 10.8 Å². The third-order valence-corrected chi connectivity index (χ3v) is 2.71. The molecule has 0 bridgehead atoms. The molecule has 6 heteroatoms. The molecule has 1 amide bonds. The Morgan fingerprint density at radius 1 is 1.50 bits per heavy atom. The van der Waals surface area contributed by atoms with Crippen LogP contribution in [0.3, 0.4) is 0 Å². The number of carbonyl (C=O) groups is 1. The Morgan fingerprint density at radius 3 is 3.06 bits per heavy atom. The van der Waals surface area contributed by atoms with Gasteiger partial charge in [0.2, 0.25) is 0 Å². The van der Waals surface area contributed by atoms with Crippen molar-refractivity contribution in [2.45, 2.75) is 12.8 Å². The fraction of sp³-hybridized carbons (Fsp3) is 0.500. The van der Waals surface area contributed by atoms with Crippen LogP contribution in [0.2, 0.25) is 0 Å². The summed E-state index contributed by atoms with van der Waals surface area (Å²) in [6.45, 7) is 1.84. The van der Waals surface area contributed by atoms with Crippen LogP contribution < -0.4 is 16.6 Å². The molecule has 2 rings (SSSR count). The van der Waals surface area contributed by atoms with Crippen LogP contribution in [0.1, 0.15) is 23.3 Å². The average molecular weight is 250 g/mol. The van der Waals surface area contributed by atoms with E-state index in [4.69, 9.17) is 10.6 Å². The lowest BCUT2D eigenvalue weighted by Crippen LogP contribution is -2.28. The van der Waals surface area contributed by atoms with E-state index in [2.05, 4.69) is 15.7 Å². The summed E-state index contributed by atoms with van der Waals surface area (Å²) in [4.78, 5) is 15.8. The van der Waals surface area contributed by atoms with Crippen molar-refractivity contribution < 1.29 is 9.53 Å². The first kappa shape index (κ1) is 12.8. The van der Waals surface area contributed by atoms with E-state index in [0.717, 1.165) is 12.5 Å². The fourth-order valence-corrected chi connectivity index (χ4v) is 1.50. The van der Waals surface area contributed by atoms with Crippen molar-refractivity contribution in [3.8, 4) is 0 Å². The van der Waals surface area contributed by atoms with Crippen molar-refractivity contribution in [2.75, 3.05) is 25.2 Å². The number of nitrogens with zero attached hydrogens (tertiary/aromatic N) is 1. The predicted molar refractivity (Wildman–Crippen MR) is 67.9 cm³/mol. The first-order valence-electron chi connectivity index (χ1n) is 6.09. The molecular weight excluding hydrogens is 232 g/mol. The zero-order chi connectivity index (χ0) is 12.8. The molecule has 0 saturated heterocycles. The highest BCUT2D eigenvalue weighted by molar-refractivity contribution is 5.92. The Hall–Kier alpha value is -1.66. The Bertz CT molecular complexity index is 407. The van der Waals surface area contributed by atoms with Gasteiger partial charge in [-0.1, -0.05) is 6.07 Å². The number of hydrazine groups is 1. The minimum atomic E-state index is -0.220. The van der Waals surface area contributed by atoms with Crippen LogP contribution in [-0.2, 0) is 4.74 Å². The Kier molecular flexibility index (Phi) is 4.49. The van der Waals surface area contributed by atoms with E-state index in [-0.39, 0.29) is 5.91 Å². The van der Waals surface area contributed by atoms with Gasteiger partial charge in [-0.3, -0.25) is 4.79 Å². The predicted octanol–water partition coefficient (Wildman–Crippen LogP) is 0.524. The Morgan fingerprint density at radius 2 is 2.33 bits per heavy atom. The second-order valence-electron chi connectivity index (χ2n) is 4.33. The summed E-state index contributed by atoms with van der Waals surface area (Å²) in [5.74, 6) is 6.22. The van der Waals surface area contributed by atoms with E-state index in [0.29, 0.717) is 24.7 Å². The van der Waals surface area contributed by atoms with Gasteiger partial charge in [0.25, 0.3) is 5.91 Å². The molecule has 0 unspecified atom stereocenters. The highest BCUT2D eigenvalue weighted by atomic mass is 16.5. The molecule has 6 nitrogen and oxygen atoms in total. The minimum absolute atomic E-state index is 0.220. The van der Waals surface area contributed by atoms with Crippen molar-refractivity contribution in [2.24, 2.45) is 11.8 Å². The number of anilines is 1. The quantitative estimate of drug-likeness (QED) is 0.373. The molecule has 18 heavy (non-hydrogen) atoms. The smallest absolute Gasteiger partial charge is 0.270 e. The SMILES string of the molecule is NNc1cccc(C(=O)NCCOCC2CC2)n1. The number of pyridine rings is 1. The maximum Gasteiger partial charge on any atom is 0.270 e. The summed E-state index contributed by atoms with van der Waals surface area (Å²) in [7, 11) is 0. The molecule has 1 aromatic heterocycles. The van der Waals surface area contributed by atoms with Crippen molar-refractivity contribution in [3.63, 3.8) is 0 Å². The number of carbonyl (C=O) groups excluding carboxylic acids is 1. The van der Waals surface area contributed by atoms with Crippen LogP contribution >= 0.6 is 0 Å².